The zero-order valence-corrected chi connectivity index (χ0v) is 12.5. The maximum absolute atomic E-state index is 12.2. The van der Waals surface area contributed by atoms with Gasteiger partial charge in [-0.25, -0.2) is 0 Å². The van der Waals surface area contributed by atoms with Crippen LogP contribution in [0.4, 0.5) is 0 Å². The second-order valence-corrected chi connectivity index (χ2v) is 8.08. The van der Waals surface area contributed by atoms with Crippen molar-refractivity contribution < 1.29 is 31.0 Å². The number of halogens is 1. The molecular weight excluding hydrogens is 317 g/mol. The van der Waals surface area contributed by atoms with Crippen LogP contribution in [0.15, 0.2) is 0 Å². The van der Waals surface area contributed by atoms with Gasteiger partial charge in [-0.1, -0.05) is 0 Å². The molecule has 1 atom stereocenters. The molecule has 94 valence electrons. The third kappa shape index (κ3) is 2.10. The van der Waals surface area contributed by atoms with Crippen molar-refractivity contribution in [1.29, 1.82) is 0 Å². The summed E-state index contributed by atoms with van der Waals surface area (Å²) < 4.78 is 8.93. The van der Waals surface area contributed by atoms with Gasteiger partial charge in [0.25, 0.3) is 0 Å². The first-order chi connectivity index (χ1) is 7.55. The van der Waals surface area contributed by atoms with Gasteiger partial charge in [-0.05, 0) is 0 Å². The van der Waals surface area contributed by atoms with E-state index < -0.39 is 0 Å². The SMILES string of the molecule is CCC1(C(=O)OC2(C(C)C)CCCC2)N[I-]1. The Kier molecular flexibility index (Phi) is 3.50. The van der Waals surface area contributed by atoms with E-state index in [1.54, 1.807) is 0 Å². The van der Waals surface area contributed by atoms with E-state index in [0.717, 1.165) is 19.3 Å². The molecule has 0 aromatic heterocycles. The second-order valence-electron chi connectivity index (χ2n) is 5.16. The van der Waals surface area contributed by atoms with Crippen LogP contribution in [0.3, 0.4) is 0 Å². The quantitative estimate of drug-likeness (QED) is 0.183. The molecule has 0 spiro atoms. The molecule has 1 aliphatic carbocycles. The number of hydrogen-bond donors (Lipinski definition) is 1. The number of alkyl halides is 1. The Morgan fingerprint density at radius 2 is 2.00 bits per heavy atom. The van der Waals surface area contributed by atoms with Gasteiger partial charge in [0.2, 0.25) is 0 Å². The van der Waals surface area contributed by atoms with Gasteiger partial charge in [0.1, 0.15) is 0 Å². The summed E-state index contributed by atoms with van der Waals surface area (Å²) in [5.74, 6) is 0.461. The van der Waals surface area contributed by atoms with Gasteiger partial charge in [0.15, 0.2) is 0 Å². The molecule has 0 radical (unpaired) electrons. The fourth-order valence-electron chi connectivity index (χ4n) is 2.45. The molecule has 3 nitrogen and oxygen atoms in total. The van der Waals surface area contributed by atoms with Gasteiger partial charge < -0.3 is 0 Å². The number of ether oxygens (including phenoxy) is 1. The zero-order chi connectivity index (χ0) is 11.8. The molecular formula is C12H21INO2-. The molecule has 0 aromatic carbocycles. The summed E-state index contributed by atoms with van der Waals surface area (Å²) >= 11 is -0.142. The first kappa shape index (κ1) is 12.6. The van der Waals surface area contributed by atoms with Gasteiger partial charge in [-0.15, -0.1) is 0 Å². The topological polar surface area (TPSA) is 48.2 Å². The van der Waals surface area contributed by atoms with Crippen LogP contribution in [0.1, 0.15) is 52.9 Å². The molecule has 1 saturated carbocycles. The van der Waals surface area contributed by atoms with Crippen molar-refractivity contribution in [1.82, 2.24) is 3.53 Å². The molecule has 2 aliphatic rings. The summed E-state index contributed by atoms with van der Waals surface area (Å²) in [6.07, 6.45) is 5.39. The number of nitrogens with one attached hydrogen (secondary N) is 1. The molecule has 1 heterocycles. The predicted molar refractivity (Wildman–Crippen MR) is 58.3 cm³/mol. The van der Waals surface area contributed by atoms with Crippen molar-refractivity contribution >= 4 is 5.97 Å². The molecule has 1 N–H and O–H groups in total. The van der Waals surface area contributed by atoms with Crippen molar-refractivity contribution in [3.63, 3.8) is 0 Å². The maximum atomic E-state index is 12.2. The minimum atomic E-state index is -0.233. The van der Waals surface area contributed by atoms with Crippen LogP contribution in [-0.4, -0.2) is 15.1 Å². The van der Waals surface area contributed by atoms with E-state index in [4.69, 9.17) is 4.74 Å². The van der Waals surface area contributed by atoms with E-state index in [-0.39, 0.29) is 36.6 Å². The molecule has 16 heavy (non-hydrogen) atoms. The number of rotatable bonds is 4. The molecule has 2 fully saturated rings. The summed E-state index contributed by atoms with van der Waals surface area (Å²) in [5.41, 5.74) is -0.159. The van der Waals surface area contributed by atoms with Crippen LogP contribution in [-0.2, 0) is 9.53 Å². The Balaban J connectivity index is 2.04. The van der Waals surface area contributed by atoms with Crippen LogP contribution >= 0.6 is 0 Å². The van der Waals surface area contributed by atoms with Crippen LogP contribution in [0.25, 0.3) is 0 Å². The van der Waals surface area contributed by atoms with Gasteiger partial charge in [0, 0.05) is 0 Å². The zero-order valence-electron chi connectivity index (χ0n) is 10.3. The summed E-state index contributed by atoms with van der Waals surface area (Å²) in [5, 5.41) is 0. The number of carbonyl (C=O) groups excluding carboxylic acids is 1. The first-order valence-electron chi connectivity index (χ1n) is 6.20. The predicted octanol–water partition coefficient (Wildman–Crippen LogP) is -0.788. The van der Waals surface area contributed by atoms with E-state index in [2.05, 4.69) is 24.3 Å². The van der Waals surface area contributed by atoms with Crippen LogP contribution in [0.2, 0.25) is 0 Å². The Bertz CT molecular complexity index is 281. The van der Waals surface area contributed by atoms with Crippen molar-refractivity contribution in [2.24, 2.45) is 5.92 Å². The summed E-state index contributed by atoms with van der Waals surface area (Å²) in [6, 6.07) is 0. The average Bonchev–Trinajstić information content (AvgIpc) is 2.92. The fraction of sp³-hybridized carbons (Fsp3) is 0.917. The van der Waals surface area contributed by atoms with E-state index in [0.29, 0.717) is 5.92 Å². The van der Waals surface area contributed by atoms with Crippen LogP contribution < -0.4 is 25.0 Å². The molecule has 4 heteroatoms. The molecule has 0 aromatic rings. The van der Waals surface area contributed by atoms with E-state index >= 15 is 0 Å². The second kappa shape index (κ2) is 4.44. The normalized spacial score (nSPS) is 32.2. The van der Waals surface area contributed by atoms with Gasteiger partial charge in [-0.2, -0.15) is 0 Å². The summed E-state index contributed by atoms with van der Waals surface area (Å²) in [4.78, 5) is 12.2. The van der Waals surface area contributed by atoms with Gasteiger partial charge >= 0.3 is 108 Å². The van der Waals surface area contributed by atoms with Crippen LogP contribution in [0.5, 0.6) is 0 Å². The Morgan fingerprint density at radius 1 is 1.44 bits per heavy atom. The Labute approximate surface area is 108 Å². The first-order valence-corrected chi connectivity index (χ1v) is 8.36. The number of carbonyl (C=O) groups is 1. The Morgan fingerprint density at radius 3 is 2.38 bits per heavy atom. The summed E-state index contributed by atoms with van der Waals surface area (Å²) in [7, 11) is 0. The Hall–Kier alpha value is 0.160. The van der Waals surface area contributed by atoms with E-state index in [1.165, 1.54) is 12.8 Å². The van der Waals surface area contributed by atoms with Crippen LogP contribution in [0, 0.1) is 5.92 Å². The molecule has 1 saturated heterocycles. The fourth-order valence-corrected chi connectivity index (χ4v) is 4.09. The molecule has 0 bridgehead atoms. The van der Waals surface area contributed by atoms with Crippen molar-refractivity contribution in [2.75, 3.05) is 0 Å². The average molecular weight is 338 g/mol. The van der Waals surface area contributed by atoms with E-state index in [1.807, 2.05) is 0 Å². The molecule has 0 amide bonds. The van der Waals surface area contributed by atoms with Crippen molar-refractivity contribution in [3.8, 4) is 0 Å². The third-order valence-electron chi connectivity index (χ3n) is 3.93. The van der Waals surface area contributed by atoms with Gasteiger partial charge in [-0.3, -0.25) is 0 Å². The molecule has 1 unspecified atom stereocenters. The van der Waals surface area contributed by atoms with Crippen molar-refractivity contribution in [2.45, 2.75) is 62.0 Å². The standard InChI is InChI=1S/C12H21INO2/c1-4-12(13-14-12)10(15)16-11(9(2)3)7-5-6-8-11/h9,14H,4-8H2,1-3H3/q-1. The molecule has 2 rings (SSSR count). The third-order valence-corrected chi connectivity index (χ3v) is 6.98. The monoisotopic (exact) mass is 338 g/mol. The van der Waals surface area contributed by atoms with Crippen molar-refractivity contribution in [3.05, 3.63) is 0 Å². The van der Waals surface area contributed by atoms with Gasteiger partial charge in [0.05, 0.1) is 0 Å². The van der Waals surface area contributed by atoms with E-state index in [9.17, 15) is 4.79 Å². The summed E-state index contributed by atoms with van der Waals surface area (Å²) in [6.45, 7) is 6.41. The number of esters is 1. The minimum absolute atomic E-state index is 0.0263. The molecule has 1 aliphatic heterocycles. The number of hydrogen-bond acceptors (Lipinski definition) is 3.